The number of aromatic nitrogens is 4. The van der Waals surface area contributed by atoms with Gasteiger partial charge in [0, 0.05) is 6.42 Å². The van der Waals surface area contributed by atoms with Crippen LogP contribution in [0.15, 0.2) is 12.7 Å². The first-order chi connectivity index (χ1) is 19.8. The topological polar surface area (TPSA) is 125 Å². The van der Waals surface area contributed by atoms with Crippen molar-refractivity contribution in [1.29, 1.82) is 0 Å². The van der Waals surface area contributed by atoms with E-state index in [1.165, 1.54) is 82.0 Å². The molecule has 1 aliphatic heterocycles. The monoisotopic (exact) mass is 627 g/mol. The predicted octanol–water partition coefficient (Wildman–Crippen LogP) is 6.80. The van der Waals surface area contributed by atoms with Gasteiger partial charge in [-0.1, -0.05) is 56.1 Å². The summed E-state index contributed by atoms with van der Waals surface area (Å²) in [6.07, 6.45) is 19.8. The summed E-state index contributed by atoms with van der Waals surface area (Å²) in [6.45, 7) is 2.50. The number of nitrogens with two attached hydrogens (primary N) is 1. The molecule has 0 aromatic carbocycles. The van der Waals surface area contributed by atoms with Crippen LogP contribution in [0.4, 0.5) is 5.82 Å². The molecule has 0 radical (unpaired) electrons. The molecule has 3 rings (SSSR count). The Kier molecular flexibility index (Phi) is 15.4. The van der Waals surface area contributed by atoms with Crippen molar-refractivity contribution >= 4 is 46.4 Å². The summed E-state index contributed by atoms with van der Waals surface area (Å²) >= 11 is 1.89. The minimum absolute atomic E-state index is 0.258. The summed E-state index contributed by atoms with van der Waals surface area (Å²) in [6, 6.07) is 0. The van der Waals surface area contributed by atoms with Crippen LogP contribution >= 0.6 is 29.4 Å². The molecular weight excluding hydrogens is 577 g/mol. The molecule has 3 N–H and O–H groups in total. The van der Waals surface area contributed by atoms with Crippen LogP contribution in [0.1, 0.15) is 84.0 Å². The predicted molar refractivity (Wildman–Crippen MR) is 175 cm³/mol. The van der Waals surface area contributed by atoms with Gasteiger partial charge in [0.05, 0.1) is 25.6 Å². The summed E-state index contributed by atoms with van der Waals surface area (Å²) < 4.78 is 24.9. The fourth-order valence-electron chi connectivity index (χ4n) is 4.65. The van der Waals surface area contributed by atoms with Crippen molar-refractivity contribution in [3.8, 4) is 11.2 Å². The van der Waals surface area contributed by atoms with Gasteiger partial charge < -0.3 is 24.5 Å². The third-order valence-electron chi connectivity index (χ3n) is 7.23. The molecule has 1 aliphatic rings. The number of hydrogen-bond acceptors (Lipinski definition) is 8. The van der Waals surface area contributed by atoms with Crippen molar-refractivity contribution in [2.24, 2.45) is 0 Å². The lowest BCUT2D eigenvalue weighted by Gasteiger charge is -2.38. The number of rotatable bonds is 21. The third kappa shape index (κ3) is 13.3. The lowest BCUT2D eigenvalue weighted by Crippen LogP contribution is -2.17. The molecule has 1 saturated heterocycles. The summed E-state index contributed by atoms with van der Waals surface area (Å²) in [5, 5.41) is 3.56. The molecule has 1 unspecified atom stereocenters. The van der Waals surface area contributed by atoms with Gasteiger partial charge in [0.25, 0.3) is 0 Å². The molecule has 12 heteroatoms. The molecule has 1 fully saturated rings. The molecule has 2 aromatic rings. The zero-order chi connectivity index (χ0) is 29.4. The van der Waals surface area contributed by atoms with Gasteiger partial charge >= 0.3 is 7.60 Å². The van der Waals surface area contributed by atoms with E-state index in [2.05, 4.69) is 32.4 Å². The third-order valence-corrected chi connectivity index (χ3v) is 12.5. The minimum atomic E-state index is -3.79. The fraction of sp³-hybridized carbons (Fsp3) is 0.759. The molecule has 2 aromatic heterocycles. The van der Waals surface area contributed by atoms with Gasteiger partial charge in [-0.05, 0) is 61.9 Å². The number of ether oxygens (including phenoxy) is 1. The van der Waals surface area contributed by atoms with E-state index in [-0.39, 0.29) is 19.1 Å². The zero-order valence-corrected chi connectivity index (χ0v) is 27.5. The van der Waals surface area contributed by atoms with Crippen molar-refractivity contribution in [3.63, 3.8) is 0 Å². The second-order valence-electron chi connectivity index (χ2n) is 11.1. The Balaban J connectivity index is 1.08. The average Bonchev–Trinajstić information content (AvgIpc) is 3.34. The van der Waals surface area contributed by atoms with E-state index < -0.39 is 17.6 Å². The van der Waals surface area contributed by atoms with Crippen molar-refractivity contribution in [2.75, 3.05) is 48.0 Å². The van der Waals surface area contributed by atoms with E-state index in [0.717, 1.165) is 24.3 Å². The molecule has 3 heterocycles. The van der Waals surface area contributed by atoms with Crippen LogP contribution in [0.25, 0.3) is 11.2 Å². The van der Waals surface area contributed by atoms with Gasteiger partial charge in [0.1, 0.15) is 18.2 Å². The van der Waals surface area contributed by atoms with Gasteiger partial charge in [-0.2, -0.15) is 21.8 Å². The van der Waals surface area contributed by atoms with Gasteiger partial charge in [0.15, 0.2) is 11.5 Å². The van der Waals surface area contributed by atoms with Crippen LogP contribution in [0, 0.1) is 11.2 Å². The zero-order valence-electron chi connectivity index (χ0n) is 25.0. The number of anilines is 1. The fourth-order valence-corrected chi connectivity index (χ4v) is 8.33. The number of nitrogen functional groups attached to an aromatic ring is 1. The smallest absolute Gasteiger partial charge is 0.353 e. The summed E-state index contributed by atoms with van der Waals surface area (Å²) in [7, 11) is -4.27. The highest BCUT2D eigenvalue weighted by Crippen LogP contribution is 2.52. The second-order valence-corrected chi connectivity index (χ2v) is 17.7. The van der Waals surface area contributed by atoms with E-state index in [1.807, 2.05) is 18.7 Å². The van der Waals surface area contributed by atoms with Gasteiger partial charge in [-0.25, -0.2) is 15.0 Å². The maximum Gasteiger partial charge on any atom is 0.353 e. The van der Waals surface area contributed by atoms with Crippen molar-refractivity contribution in [2.45, 2.75) is 96.6 Å². The first-order valence-electron chi connectivity index (χ1n) is 15.1. The van der Waals surface area contributed by atoms with Crippen LogP contribution in [-0.2, 0) is 20.4 Å². The SMILES string of the molecule is C[C@H](Cn1cnc2c(N)ncnc21)OCP(=O)(O)OCCCSCCCCCCCCCCCC#CS1(C)CCC1. The van der Waals surface area contributed by atoms with Gasteiger partial charge in [-0.3, -0.25) is 4.57 Å². The second kappa shape index (κ2) is 18.4. The molecule has 41 heavy (non-hydrogen) atoms. The van der Waals surface area contributed by atoms with Gasteiger partial charge in [0.2, 0.25) is 0 Å². The average molecular weight is 628 g/mol. The Labute approximate surface area is 252 Å². The Bertz CT molecular complexity index is 1150. The van der Waals surface area contributed by atoms with E-state index >= 15 is 0 Å². The highest BCUT2D eigenvalue weighted by molar-refractivity contribution is 8.38. The molecule has 0 saturated carbocycles. The van der Waals surface area contributed by atoms with Crippen molar-refractivity contribution in [1.82, 2.24) is 19.5 Å². The Hall–Kier alpha value is -1.28. The molecule has 9 nitrogen and oxygen atoms in total. The maximum absolute atomic E-state index is 12.3. The Morgan fingerprint density at radius 1 is 1.07 bits per heavy atom. The number of nitrogens with zero attached hydrogens (tertiary/aromatic N) is 4. The standard InChI is InChI=1S/C29H50N5O4PS2/c1-26(22-34-24-33-27-28(30)31-23-32-29(27)34)37-25-39(35,36)38-16-14-18-40-17-12-10-8-6-4-3-5-7-9-11-13-19-41(2)20-15-21-41/h23-24,26H,3-12,14-18,20-22,25H2,1-2H3,(H,35,36)(H2,30,31,32)/t26-/m1/s1. The number of unbranched alkanes of at least 4 members (excludes halogenated alkanes) is 9. The molecule has 2 atom stereocenters. The molecule has 232 valence electrons. The molecule has 0 spiro atoms. The van der Waals surface area contributed by atoms with Crippen LogP contribution in [0.3, 0.4) is 0 Å². The first kappa shape index (κ1) is 34.2. The van der Waals surface area contributed by atoms with E-state index in [4.69, 9.17) is 15.0 Å². The number of fused-ring (bicyclic) bond motifs is 1. The normalized spacial score (nSPS) is 17.3. The van der Waals surface area contributed by atoms with Crippen molar-refractivity contribution < 1.29 is 18.7 Å². The van der Waals surface area contributed by atoms with E-state index in [9.17, 15) is 9.46 Å². The highest BCUT2D eigenvalue weighted by atomic mass is 32.3. The van der Waals surface area contributed by atoms with Crippen LogP contribution in [-0.4, -0.2) is 72.7 Å². The summed E-state index contributed by atoms with van der Waals surface area (Å²) in [5.74, 6) is 8.58. The quantitative estimate of drug-likeness (QED) is 0.0873. The van der Waals surface area contributed by atoms with E-state index in [1.54, 1.807) is 10.9 Å². The number of hydrogen-bond donors (Lipinski definition) is 2. The van der Waals surface area contributed by atoms with Gasteiger partial charge in [-0.15, -0.1) is 0 Å². The number of thioether (sulfide) groups is 1. The molecule has 0 aliphatic carbocycles. The minimum Gasteiger partial charge on any atom is -0.382 e. The molecule has 0 bridgehead atoms. The maximum atomic E-state index is 12.3. The lowest BCUT2D eigenvalue weighted by molar-refractivity contribution is 0.0718. The van der Waals surface area contributed by atoms with Crippen LogP contribution in [0.5, 0.6) is 0 Å². The van der Waals surface area contributed by atoms with Crippen LogP contribution < -0.4 is 5.73 Å². The summed E-state index contributed by atoms with van der Waals surface area (Å²) in [4.78, 5) is 22.5. The lowest BCUT2D eigenvalue weighted by atomic mass is 10.1. The van der Waals surface area contributed by atoms with Crippen LogP contribution in [0.2, 0.25) is 0 Å². The van der Waals surface area contributed by atoms with E-state index in [0.29, 0.717) is 23.5 Å². The Morgan fingerprint density at radius 2 is 1.76 bits per heavy atom. The molecular formula is C29H50N5O4PS2. The largest absolute Gasteiger partial charge is 0.382 e. The Morgan fingerprint density at radius 3 is 2.46 bits per heavy atom. The number of imidazole rings is 1. The first-order valence-corrected chi connectivity index (χ1v) is 20.4. The highest BCUT2D eigenvalue weighted by Gasteiger charge is 2.23. The summed E-state index contributed by atoms with van der Waals surface area (Å²) in [5.41, 5.74) is 6.95. The molecule has 0 amide bonds. The van der Waals surface area contributed by atoms with Crippen molar-refractivity contribution in [3.05, 3.63) is 12.7 Å².